The van der Waals surface area contributed by atoms with Crippen LogP contribution in [0.25, 0.3) is 11.4 Å². The minimum Gasteiger partial charge on any atom is -0.339 e. The van der Waals surface area contributed by atoms with Crippen molar-refractivity contribution in [3.05, 3.63) is 35.2 Å². The Bertz CT molecular complexity index is 568. The molecule has 1 aromatic carbocycles. The number of benzene rings is 1. The normalized spacial score (nSPS) is 12.8. The van der Waals surface area contributed by atoms with Crippen molar-refractivity contribution in [1.29, 1.82) is 0 Å². The third-order valence-electron chi connectivity index (χ3n) is 3.76. The molecule has 0 aliphatic heterocycles. The number of hydrogen-bond donors (Lipinski definition) is 1. The first kappa shape index (κ1) is 16.0. The number of aromatic nitrogens is 2. The van der Waals surface area contributed by atoms with Crippen LogP contribution in [0.2, 0.25) is 5.02 Å². The lowest BCUT2D eigenvalue weighted by molar-refractivity contribution is 0.313. The molecule has 2 rings (SSSR count). The van der Waals surface area contributed by atoms with Gasteiger partial charge in [-0.2, -0.15) is 4.98 Å². The van der Waals surface area contributed by atoms with E-state index in [1.807, 2.05) is 24.3 Å². The van der Waals surface area contributed by atoms with Gasteiger partial charge < -0.3 is 10.3 Å². The zero-order valence-electron chi connectivity index (χ0n) is 12.6. The SMILES string of the molecule is CC(C)C(CCN)CCc1nc(-c2cccc(Cl)c2)no1. The molecule has 4 nitrogen and oxygen atoms in total. The lowest BCUT2D eigenvalue weighted by atomic mass is 9.88. The van der Waals surface area contributed by atoms with Crippen molar-refractivity contribution in [3.63, 3.8) is 0 Å². The van der Waals surface area contributed by atoms with Gasteiger partial charge in [-0.05, 0) is 43.4 Å². The quantitative estimate of drug-likeness (QED) is 0.841. The summed E-state index contributed by atoms with van der Waals surface area (Å²) in [5.74, 6) is 2.47. The van der Waals surface area contributed by atoms with Crippen molar-refractivity contribution in [2.45, 2.75) is 33.1 Å². The van der Waals surface area contributed by atoms with Gasteiger partial charge in [0.05, 0.1) is 0 Å². The number of nitrogens with zero attached hydrogens (tertiary/aromatic N) is 2. The van der Waals surface area contributed by atoms with E-state index >= 15 is 0 Å². The summed E-state index contributed by atoms with van der Waals surface area (Å²) in [4.78, 5) is 4.45. The van der Waals surface area contributed by atoms with Crippen LogP contribution in [-0.4, -0.2) is 16.7 Å². The molecule has 2 N–H and O–H groups in total. The van der Waals surface area contributed by atoms with E-state index < -0.39 is 0 Å². The van der Waals surface area contributed by atoms with Gasteiger partial charge >= 0.3 is 0 Å². The molecule has 0 radical (unpaired) electrons. The molecule has 0 amide bonds. The summed E-state index contributed by atoms with van der Waals surface area (Å²) in [5, 5.41) is 4.70. The minimum absolute atomic E-state index is 0.590. The van der Waals surface area contributed by atoms with E-state index in [2.05, 4.69) is 24.0 Å². The molecule has 0 fully saturated rings. The Kier molecular flexibility index (Phi) is 5.76. The topological polar surface area (TPSA) is 64.9 Å². The first-order valence-electron chi connectivity index (χ1n) is 7.38. The number of aryl methyl sites for hydroxylation is 1. The van der Waals surface area contributed by atoms with E-state index in [9.17, 15) is 0 Å². The third-order valence-corrected chi connectivity index (χ3v) is 4.00. The molecule has 21 heavy (non-hydrogen) atoms. The summed E-state index contributed by atoms with van der Waals surface area (Å²) in [6.45, 7) is 5.18. The molecule has 2 aromatic rings. The molecule has 0 aliphatic carbocycles. The van der Waals surface area contributed by atoms with Crippen molar-refractivity contribution in [1.82, 2.24) is 10.1 Å². The highest BCUT2D eigenvalue weighted by Gasteiger charge is 2.15. The molecule has 1 unspecified atom stereocenters. The fourth-order valence-electron chi connectivity index (χ4n) is 2.44. The molecule has 1 heterocycles. The Labute approximate surface area is 130 Å². The second-order valence-electron chi connectivity index (χ2n) is 5.64. The summed E-state index contributed by atoms with van der Waals surface area (Å²) in [6.07, 6.45) is 2.84. The predicted molar refractivity (Wildman–Crippen MR) is 85.1 cm³/mol. The smallest absolute Gasteiger partial charge is 0.226 e. The summed E-state index contributed by atoms with van der Waals surface area (Å²) in [6, 6.07) is 7.46. The molecule has 0 bridgehead atoms. The van der Waals surface area contributed by atoms with E-state index in [0.29, 0.717) is 28.6 Å². The van der Waals surface area contributed by atoms with E-state index in [-0.39, 0.29) is 0 Å². The van der Waals surface area contributed by atoms with Gasteiger partial charge in [0, 0.05) is 17.0 Å². The van der Waals surface area contributed by atoms with Crippen LogP contribution in [-0.2, 0) is 6.42 Å². The fourth-order valence-corrected chi connectivity index (χ4v) is 2.63. The van der Waals surface area contributed by atoms with Gasteiger partial charge in [0.1, 0.15) is 0 Å². The van der Waals surface area contributed by atoms with Crippen LogP contribution in [0.3, 0.4) is 0 Å². The highest BCUT2D eigenvalue weighted by molar-refractivity contribution is 6.30. The molecule has 1 aromatic heterocycles. The van der Waals surface area contributed by atoms with Crippen molar-refractivity contribution < 1.29 is 4.52 Å². The zero-order valence-corrected chi connectivity index (χ0v) is 13.3. The maximum absolute atomic E-state index is 5.98. The van der Waals surface area contributed by atoms with E-state index in [1.165, 1.54) is 0 Å². The van der Waals surface area contributed by atoms with Crippen molar-refractivity contribution in [3.8, 4) is 11.4 Å². The van der Waals surface area contributed by atoms with Crippen molar-refractivity contribution in [2.75, 3.05) is 6.54 Å². The number of hydrogen-bond acceptors (Lipinski definition) is 4. The second kappa shape index (κ2) is 7.57. The third kappa shape index (κ3) is 4.55. The molecule has 0 spiro atoms. The number of nitrogens with two attached hydrogens (primary N) is 1. The van der Waals surface area contributed by atoms with Crippen molar-refractivity contribution >= 4 is 11.6 Å². The highest BCUT2D eigenvalue weighted by atomic mass is 35.5. The monoisotopic (exact) mass is 307 g/mol. The van der Waals surface area contributed by atoms with Gasteiger partial charge in [0.25, 0.3) is 0 Å². The lowest BCUT2D eigenvalue weighted by Gasteiger charge is -2.18. The van der Waals surface area contributed by atoms with E-state index in [1.54, 1.807) is 0 Å². The molecule has 0 aliphatic rings. The molecule has 0 saturated heterocycles. The van der Waals surface area contributed by atoms with Crippen LogP contribution >= 0.6 is 11.6 Å². The molecule has 1 atom stereocenters. The van der Waals surface area contributed by atoms with Crippen LogP contribution in [0.15, 0.2) is 28.8 Å². The molecular weight excluding hydrogens is 286 g/mol. The number of halogens is 1. The van der Waals surface area contributed by atoms with Gasteiger partial charge in [-0.15, -0.1) is 0 Å². The van der Waals surface area contributed by atoms with Gasteiger partial charge in [-0.1, -0.05) is 42.7 Å². The average Bonchev–Trinajstić information content (AvgIpc) is 2.92. The van der Waals surface area contributed by atoms with Gasteiger partial charge in [0.15, 0.2) is 0 Å². The predicted octanol–water partition coefficient (Wildman–Crippen LogP) is 3.94. The van der Waals surface area contributed by atoms with Crippen LogP contribution in [0.4, 0.5) is 0 Å². The standard InChI is InChI=1S/C16H22ClN3O/c1-11(2)12(8-9-18)6-7-15-19-16(20-21-15)13-4-3-5-14(17)10-13/h3-5,10-12H,6-9,18H2,1-2H3. The summed E-state index contributed by atoms with van der Waals surface area (Å²) in [5.41, 5.74) is 6.54. The second-order valence-corrected chi connectivity index (χ2v) is 6.08. The van der Waals surface area contributed by atoms with Crippen molar-refractivity contribution in [2.24, 2.45) is 17.6 Å². The first-order chi connectivity index (χ1) is 10.1. The first-order valence-corrected chi connectivity index (χ1v) is 7.76. The molecule has 0 saturated carbocycles. The largest absolute Gasteiger partial charge is 0.339 e. The Morgan fingerprint density at radius 2 is 2.10 bits per heavy atom. The summed E-state index contributed by atoms with van der Waals surface area (Å²) < 4.78 is 5.33. The van der Waals surface area contributed by atoms with Gasteiger partial charge in [-0.25, -0.2) is 0 Å². The minimum atomic E-state index is 0.590. The van der Waals surface area contributed by atoms with Gasteiger partial charge in [0.2, 0.25) is 11.7 Å². The molecular formula is C16H22ClN3O. The highest BCUT2D eigenvalue weighted by Crippen LogP contribution is 2.23. The molecule has 5 heteroatoms. The van der Waals surface area contributed by atoms with Crippen LogP contribution in [0, 0.1) is 11.8 Å². The van der Waals surface area contributed by atoms with Crippen LogP contribution < -0.4 is 5.73 Å². The number of rotatable bonds is 7. The Morgan fingerprint density at radius 3 is 2.76 bits per heavy atom. The van der Waals surface area contributed by atoms with E-state index in [0.717, 1.165) is 31.4 Å². The Balaban J connectivity index is 2.00. The van der Waals surface area contributed by atoms with Crippen LogP contribution in [0.5, 0.6) is 0 Å². The van der Waals surface area contributed by atoms with Crippen LogP contribution in [0.1, 0.15) is 32.6 Å². The Morgan fingerprint density at radius 1 is 1.29 bits per heavy atom. The zero-order chi connectivity index (χ0) is 15.2. The van der Waals surface area contributed by atoms with Gasteiger partial charge in [-0.3, -0.25) is 0 Å². The summed E-state index contributed by atoms with van der Waals surface area (Å²) in [7, 11) is 0. The van der Waals surface area contributed by atoms with E-state index in [4.69, 9.17) is 21.9 Å². The maximum Gasteiger partial charge on any atom is 0.226 e. The average molecular weight is 308 g/mol. The Hall–Kier alpha value is -1.39. The lowest BCUT2D eigenvalue weighted by Crippen LogP contribution is -2.15. The maximum atomic E-state index is 5.98. The summed E-state index contributed by atoms with van der Waals surface area (Å²) >= 11 is 5.98. The fraction of sp³-hybridized carbons (Fsp3) is 0.500. The molecule has 114 valence electrons.